The van der Waals surface area contributed by atoms with Gasteiger partial charge in [-0.15, -0.1) is 0 Å². The van der Waals surface area contributed by atoms with E-state index in [0.717, 1.165) is 33.3 Å². The monoisotopic (exact) mass is 1210 g/mol. The van der Waals surface area contributed by atoms with Crippen LogP contribution < -0.4 is 0 Å². The molecule has 3 N–H and O–H groups in total. The van der Waals surface area contributed by atoms with Crippen LogP contribution >= 0.6 is 0 Å². The zero-order valence-corrected chi connectivity index (χ0v) is 54.4. The number of aliphatic hydroxyl groups is 1. The maximum absolute atomic E-state index is 12.2. The van der Waals surface area contributed by atoms with Crippen molar-refractivity contribution < 1.29 is 119 Å². The largest absolute Gasteiger partial charge is 0.481 e. The lowest BCUT2D eigenvalue weighted by atomic mass is 9.84. The molecule has 26 heteroatoms. The number of esters is 7. The Morgan fingerprint density at radius 1 is 0.518 bits per heavy atom. The Labute approximate surface area is 491 Å². The summed E-state index contributed by atoms with van der Waals surface area (Å²) in [6.07, 6.45) is -1.59. The number of halogens is 3. The number of carboxylic acids is 2. The van der Waals surface area contributed by atoms with E-state index < -0.39 is 69.5 Å². The summed E-state index contributed by atoms with van der Waals surface area (Å²) in [6.45, 7) is 29.1. The quantitative estimate of drug-likeness (QED) is 0.0583. The van der Waals surface area contributed by atoms with E-state index in [0.29, 0.717) is 19.4 Å². The Morgan fingerprint density at radius 2 is 0.867 bits per heavy atom. The molecule has 0 aliphatic carbocycles. The summed E-state index contributed by atoms with van der Waals surface area (Å²) in [6, 6.07) is 0. The second-order valence-electron chi connectivity index (χ2n) is 20.9. The lowest BCUT2D eigenvalue weighted by Crippen LogP contribution is -2.42. The van der Waals surface area contributed by atoms with E-state index in [-0.39, 0.29) is 78.3 Å². The van der Waals surface area contributed by atoms with Crippen LogP contribution in [-0.4, -0.2) is 169 Å². The summed E-state index contributed by atoms with van der Waals surface area (Å²) in [5.74, 6) is -6.56. The minimum atomic E-state index is -4.55. The molecule has 1 aliphatic heterocycles. The molecular formula is C57H104F3NO22. The Balaban J connectivity index is -0.000000160. The number of carbonyl (C=O) groups is 11. The Morgan fingerprint density at radius 3 is 1.04 bits per heavy atom. The van der Waals surface area contributed by atoms with Crippen LogP contribution in [0.2, 0.25) is 0 Å². The second kappa shape index (κ2) is 44.6. The van der Waals surface area contributed by atoms with E-state index in [1.807, 2.05) is 55.4 Å². The number of carboxylic acid groups (broad SMARTS) is 2. The van der Waals surface area contributed by atoms with Gasteiger partial charge in [0, 0.05) is 26.0 Å². The van der Waals surface area contributed by atoms with Crippen LogP contribution in [-0.2, 0) is 90.6 Å². The van der Waals surface area contributed by atoms with Crippen LogP contribution in [0.3, 0.4) is 0 Å². The fourth-order valence-electron chi connectivity index (χ4n) is 5.58. The standard InChI is InChI=1S/C8H14O4.C8H16O3.C7H11F3O2.C7H11NO2.C7H12O4.C7H14O3.C7H14O2.C6H12O2/c1-4-8(2,5-6(9)10)7(11)12-3;1-5-8(2,6-10-3)7(9)11-4;1-4-6(2,5(11)12-3)7(8,9)10;1-4-5(2)7(10)8(3)6(4)9;1-4(6(8)9)5(2)7(10)11-3;1-4-7(2,5-8)6(9)10-3;1-5-7(2,3)6(8)9-4;1-4-5(2)6(7)8-3/h4-5H2,1-3H3,(H,9,10);5-6H2,1-4H3;4H2,1-3H3;4-5H,1-3H3;4-5H,1-3H3,(H,8,9);8H,4-5H2,1-3H3;5H2,1-4H3;5H,4H2,1-3H3. The van der Waals surface area contributed by atoms with Gasteiger partial charge in [-0.05, 0) is 80.1 Å². The van der Waals surface area contributed by atoms with Gasteiger partial charge in [0.15, 0.2) is 5.41 Å². The lowest BCUT2D eigenvalue weighted by Gasteiger charge is -2.27. The maximum atomic E-state index is 12.2. The predicted octanol–water partition coefficient (Wildman–Crippen LogP) is 8.55. The fraction of sp³-hybridized carbons (Fsp3) is 0.807. The molecule has 1 rings (SSSR count). The van der Waals surface area contributed by atoms with Gasteiger partial charge in [-0.3, -0.25) is 57.6 Å². The first-order chi connectivity index (χ1) is 37.8. The van der Waals surface area contributed by atoms with E-state index in [9.17, 15) is 65.9 Å². The summed E-state index contributed by atoms with van der Waals surface area (Å²) in [4.78, 5) is 120. The first-order valence-electron chi connectivity index (χ1n) is 26.8. The van der Waals surface area contributed by atoms with Gasteiger partial charge in [-0.2, -0.15) is 13.2 Å². The highest BCUT2D eigenvalue weighted by molar-refractivity contribution is 6.04. The van der Waals surface area contributed by atoms with Gasteiger partial charge in [0.25, 0.3) is 0 Å². The molecule has 9 unspecified atom stereocenters. The molecule has 1 fully saturated rings. The molecule has 0 saturated carbocycles. The molecule has 1 heterocycles. The number of nitrogens with zero attached hydrogens (tertiary/aromatic N) is 1. The van der Waals surface area contributed by atoms with Crippen LogP contribution in [0.25, 0.3) is 0 Å². The number of methoxy groups -OCH3 is 8. The molecule has 490 valence electrons. The molecule has 2 amide bonds. The zero-order chi connectivity index (χ0) is 67.8. The Bertz CT molecular complexity index is 1960. The topological polar surface area (TPSA) is 326 Å². The van der Waals surface area contributed by atoms with Crippen LogP contribution in [0.5, 0.6) is 0 Å². The van der Waals surface area contributed by atoms with Crippen molar-refractivity contribution in [2.45, 2.75) is 169 Å². The molecule has 0 bridgehead atoms. The molecule has 23 nitrogen and oxygen atoms in total. The number of carbonyl (C=O) groups excluding carboxylic acids is 9. The van der Waals surface area contributed by atoms with Crippen molar-refractivity contribution in [1.82, 2.24) is 4.90 Å². The van der Waals surface area contributed by atoms with E-state index in [2.05, 4.69) is 33.2 Å². The molecule has 0 spiro atoms. The van der Waals surface area contributed by atoms with Gasteiger partial charge in [-0.1, -0.05) is 76.2 Å². The maximum Gasteiger partial charge on any atom is 0.404 e. The van der Waals surface area contributed by atoms with Crippen molar-refractivity contribution in [2.24, 2.45) is 56.7 Å². The number of alkyl halides is 3. The number of likely N-dealkylation sites (tertiary alicyclic amines) is 1. The smallest absolute Gasteiger partial charge is 0.404 e. The first-order valence-corrected chi connectivity index (χ1v) is 26.8. The van der Waals surface area contributed by atoms with Crippen molar-refractivity contribution in [3.8, 4) is 0 Å². The number of hydrogen-bond donors (Lipinski definition) is 3. The number of aliphatic hydroxyl groups excluding tert-OH is 1. The zero-order valence-electron chi connectivity index (χ0n) is 54.4. The Kier molecular flexibility index (Phi) is 48.8. The number of imide groups is 1. The van der Waals surface area contributed by atoms with Gasteiger partial charge in [0.2, 0.25) is 11.8 Å². The summed E-state index contributed by atoms with van der Waals surface area (Å²) < 4.78 is 72.8. The van der Waals surface area contributed by atoms with Crippen LogP contribution in [0.1, 0.15) is 163 Å². The van der Waals surface area contributed by atoms with Crippen LogP contribution in [0.15, 0.2) is 0 Å². The van der Waals surface area contributed by atoms with Gasteiger partial charge in [0.05, 0.1) is 109 Å². The van der Waals surface area contributed by atoms with Crippen molar-refractivity contribution in [3.63, 3.8) is 0 Å². The molecule has 0 radical (unpaired) electrons. The third kappa shape index (κ3) is 33.2. The minimum absolute atomic E-state index is 0.0556. The number of ether oxygens (including phenoxy) is 8. The van der Waals surface area contributed by atoms with Gasteiger partial charge >= 0.3 is 59.9 Å². The summed E-state index contributed by atoms with van der Waals surface area (Å²) in [5.41, 5.74) is -4.77. The number of hydrogen-bond acceptors (Lipinski definition) is 20. The van der Waals surface area contributed by atoms with E-state index >= 15 is 0 Å². The number of aliphatic carboxylic acids is 2. The van der Waals surface area contributed by atoms with Crippen molar-refractivity contribution in [2.75, 3.05) is 77.1 Å². The molecule has 1 saturated heterocycles. The highest BCUT2D eigenvalue weighted by Gasteiger charge is 2.56. The third-order valence-electron chi connectivity index (χ3n) is 14.4. The molecule has 0 aromatic heterocycles. The fourth-order valence-corrected chi connectivity index (χ4v) is 5.58. The lowest BCUT2D eigenvalue weighted by molar-refractivity contribution is -0.229. The molecule has 9 atom stereocenters. The van der Waals surface area contributed by atoms with E-state index in [1.165, 1.54) is 75.4 Å². The summed E-state index contributed by atoms with van der Waals surface area (Å²) in [7, 11) is 12.1. The van der Waals surface area contributed by atoms with Crippen molar-refractivity contribution in [1.29, 1.82) is 0 Å². The van der Waals surface area contributed by atoms with Crippen molar-refractivity contribution >= 4 is 65.5 Å². The number of amides is 2. The number of rotatable bonds is 20. The molecule has 0 aromatic carbocycles. The van der Waals surface area contributed by atoms with Gasteiger partial charge in [0.1, 0.15) is 0 Å². The second-order valence-corrected chi connectivity index (χ2v) is 20.9. The normalized spacial score (nSPS) is 17.1. The molecule has 0 aromatic rings. The highest BCUT2D eigenvalue weighted by atomic mass is 19.4. The molecular weight excluding hydrogens is 1110 g/mol. The van der Waals surface area contributed by atoms with E-state index in [1.54, 1.807) is 41.7 Å². The Hall–Kier alpha value is -5.92. The first kappa shape index (κ1) is 90.8. The minimum Gasteiger partial charge on any atom is -0.481 e. The van der Waals surface area contributed by atoms with Crippen LogP contribution in [0, 0.1) is 56.7 Å². The van der Waals surface area contributed by atoms with Gasteiger partial charge in [-0.25, -0.2) is 0 Å². The molecule has 83 heavy (non-hydrogen) atoms. The van der Waals surface area contributed by atoms with Gasteiger partial charge < -0.3 is 53.2 Å². The summed E-state index contributed by atoms with van der Waals surface area (Å²) >= 11 is 0. The third-order valence-corrected chi connectivity index (χ3v) is 14.4. The van der Waals surface area contributed by atoms with E-state index in [4.69, 9.17) is 20.1 Å². The molecule has 1 aliphatic rings. The summed E-state index contributed by atoms with van der Waals surface area (Å²) in [5, 5.41) is 25.8. The van der Waals surface area contributed by atoms with Crippen LogP contribution in [0.4, 0.5) is 13.2 Å². The SMILES string of the molecule is CC1C(=O)N(C)C(=O)C1C.CCC(C)(C(=O)OC)C(F)(F)F.CCC(C)(C)C(=O)OC.CCC(C)(CC(=O)O)C(=O)OC.CCC(C)(CO)C(=O)OC.CCC(C)(COC)C(=O)OC.CCC(C)C(=O)OC.COC(=O)C(C)C(C)C(=O)O. The highest BCUT2D eigenvalue weighted by Crippen LogP contribution is 2.41. The van der Waals surface area contributed by atoms with Crippen molar-refractivity contribution in [3.05, 3.63) is 0 Å². The predicted molar refractivity (Wildman–Crippen MR) is 301 cm³/mol. The average molecular weight is 1210 g/mol. The average Bonchev–Trinajstić information content (AvgIpc) is 3.63.